The molecule has 0 unspecified atom stereocenters. The molecule has 1 aliphatic rings. The van der Waals surface area contributed by atoms with Crippen LogP contribution in [-0.2, 0) is 5.41 Å². The van der Waals surface area contributed by atoms with Crippen LogP contribution < -0.4 is 21.1 Å². The molecular formula is C41H35BO. The first-order valence-electron chi connectivity index (χ1n) is 15.2. The molecule has 0 saturated heterocycles. The van der Waals surface area contributed by atoms with Gasteiger partial charge in [-0.25, -0.2) is 0 Å². The van der Waals surface area contributed by atoms with Crippen LogP contribution in [0.2, 0.25) is 0 Å². The first kappa shape index (κ1) is 27.0. The summed E-state index contributed by atoms with van der Waals surface area (Å²) in [6, 6.07) is 50.3. The molecule has 43 heavy (non-hydrogen) atoms. The lowest BCUT2D eigenvalue weighted by Gasteiger charge is -2.37. The second-order valence-corrected chi connectivity index (χ2v) is 12.2. The highest BCUT2D eigenvalue weighted by atomic mass is 16.5. The molecule has 0 radical (unpaired) electrons. The van der Waals surface area contributed by atoms with E-state index in [-0.39, 0.29) is 12.1 Å². The van der Waals surface area contributed by atoms with Gasteiger partial charge in [-0.1, -0.05) is 169 Å². The summed E-state index contributed by atoms with van der Waals surface area (Å²) in [6.45, 7) is 9.08. The summed E-state index contributed by atoms with van der Waals surface area (Å²) in [7, 11) is 0. The van der Waals surface area contributed by atoms with Gasteiger partial charge in [0.05, 0.1) is 0 Å². The van der Waals surface area contributed by atoms with Crippen LogP contribution in [0.3, 0.4) is 0 Å². The van der Waals surface area contributed by atoms with E-state index < -0.39 is 0 Å². The van der Waals surface area contributed by atoms with Gasteiger partial charge in [0.1, 0.15) is 11.5 Å². The van der Waals surface area contributed by atoms with Gasteiger partial charge in [-0.15, -0.1) is 0 Å². The zero-order valence-electron chi connectivity index (χ0n) is 25.3. The second-order valence-electron chi connectivity index (χ2n) is 12.2. The predicted molar refractivity (Wildman–Crippen MR) is 183 cm³/mol. The van der Waals surface area contributed by atoms with E-state index in [0.717, 1.165) is 11.5 Å². The minimum absolute atomic E-state index is 0.0659. The molecule has 0 atom stereocenters. The third-order valence-electron chi connectivity index (χ3n) is 9.20. The highest BCUT2D eigenvalue weighted by Gasteiger charge is 2.39. The average molecular weight is 555 g/mol. The van der Waals surface area contributed by atoms with E-state index in [1.54, 1.807) is 0 Å². The fraction of sp³-hybridized carbons (Fsp3) is 0.122. The first-order valence-corrected chi connectivity index (χ1v) is 15.2. The van der Waals surface area contributed by atoms with Gasteiger partial charge < -0.3 is 4.74 Å². The van der Waals surface area contributed by atoms with Gasteiger partial charge in [0.15, 0.2) is 0 Å². The summed E-state index contributed by atoms with van der Waals surface area (Å²) in [5.74, 6) is 1.91. The summed E-state index contributed by atoms with van der Waals surface area (Å²) >= 11 is 0. The number of rotatable bonds is 5. The zero-order chi connectivity index (χ0) is 29.6. The number of para-hydroxylation sites is 2. The van der Waals surface area contributed by atoms with Crippen LogP contribution in [0.25, 0.3) is 22.3 Å². The number of benzene rings is 6. The normalized spacial score (nSPS) is 13.0. The molecular weight excluding hydrogens is 519 g/mol. The Morgan fingerprint density at radius 2 is 0.977 bits per heavy atom. The van der Waals surface area contributed by atoms with Crippen molar-refractivity contribution < 1.29 is 4.74 Å². The zero-order valence-corrected chi connectivity index (χ0v) is 25.3. The fourth-order valence-corrected chi connectivity index (χ4v) is 7.04. The van der Waals surface area contributed by atoms with Crippen LogP contribution in [-0.4, -0.2) is 6.71 Å². The lowest BCUT2D eigenvalue weighted by atomic mass is 9.33. The van der Waals surface area contributed by atoms with E-state index in [2.05, 4.69) is 167 Å². The predicted octanol–water partition coefficient (Wildman–Crippen LogP) is 8.59. The lowest BCUT2D eigenvalue weighted by Crippen LogP contribution is -2.56. The molecule has 0 spiro atoms. The van der Waals surface area contributed by atoms with Gasteiger partial charge in [0.25, 0.3) is 0 Å². The topological polar surface area (TPSA) is 9.23 Å². The van der Waals surface area contributed by atoms with Crippen LogP contribution in [0, 0.1) is 13.8 Å². The van der Waals surface area contributed by atoms with Crippen molar-refractivity contribution in [3.05, 3.63) is 162 Å². The molecule has 7 rings (SSSR count). The molecule has 0 amide bonds. The first-order chi connectivity index (χ1) is 20.9. The molecule has 1 heterocycles. The van der Waals surface area contributed by atoms with E-state index in [0.29, 0.717) is 0 Å². The van der Waals surface area contributed by atoms with Crippen molar-refractivity contribution in [1.29, 1.82) is 0 Å². The molecule has 0 bridgehead atoms. The Morgan fingerprint density at radius 3 is 1.56 bits per heavy atom. The van der Waals surface area contributed by atoms with Crippen molar-refractivity contribution >= 4 is 23.1 Å². The van der Waals surface area contributed by atoms with Crippen molar-refractivity contribution in [1.82, 2.24) is 0 Å². The Morgan fingerprint density at radius 1 is 0.488 bits per heavy atom. The Labute approximate surface area is 255 Å². The fourth-order valence-electron chi connectivity index (χ4n) is 7.04. The van der Waals surface area contributed by atoms with Crippen LogP contribution in [0.4, 0.5) is 0 Å². The molecule has 0 saturated carbocycles. The summed E-state index contributed by atoms with van der Waals surface area (Å²) in [6.07, 6.45) is 0. The van der Waals surface area contributed by atoms with Crippen molar-refractivity contribution in [3.8, 4) is 33.8 Å². The van der Waals surface area contributed by atoms with Crippen molar-refractivity contribution in [3.63, 3.8) is 0 Å². The van der Waals surface area contributed by atoms with Gasteiger partial charge in [-0.2, -0.15) is 0 Å². The Hall–Kier alpha value is -4.82. The van der Waals surface area contributed by atoms with Crippen LogP contribution in [0.15, 0.2) is 140 Å². The van der Waals surface area contributed by atoms with Crippen molar-refractivity contribution in [2.75, 3.05) is 0 Å². The van der Waals surface area contributed by atoms with Crippen LogP contribution in [0.5, 0.6) is 11.5 Å². The summed E-state index contributed by atoms with van der Waals surface area (Å²) in [5, 5.41) is 0. The molecule has 1 nitrogen and oxygen atoms in total. The van der Waals surface area contributed by atoms with Crippen molar-refractivity contribution in [2.24, 2.45) is 0 Å². The van der Waals surface area contributed by atoms with E-state index in [9.17, 15) is 0 Å². The van der Waals surface area contributed by atoms with E-state index in [1.165, 1.54) is 60.9 Å². The van der Waals surface area contributed by atoms with E-state index in [4.69, 9.17) is 4.74 Å². The molecule has 2 heteroatoms. The minimum atomic E-state index is -0.202. The smallest absolute Gasteiger partial charge is 0.248 e. The number of ether oxygens (including phenoxy) is 1. The number of hydrogen-bond donors (Lipinski definition) is 0. The van der Waals surface area contributed by atoms with E-state index in [1.807, 2.05) is 0 Å². The van der Waals surface area contributed by atoms with Crippen molar-refractivity contribution in [2.45, 2.75) is 33.1 Å². The van der Waals surface area contributed by atoms with Gasteiger partial charge in [0, 0.05) is 16.5 Å². The highest BCUT2D eigenvalue weighted by Crippen LogP contribution is 2.47. The van der Waals surface area contributed by atoms with E-state index >= 15 is 0 Å². The number of fused-ring (bicyclic) bond motifs is 2. The molecule has 208 valence electrons. The van der Waals surface area contributed by atoms with Gasteiger partial charge in [-0.3, -0.25) is 0 Å². The monoisotopic (exact) mass is 554 g/mol. The van der Waals surface area contributed by atoms with Crippen LogP contribution >= 0.6 is 0 Å². The maximum Gasteiger partial charge on any atom is 0.248 e. The maximum atomic E-state index is 6.94. The number of aryl methyl sites for hydroxylation is 2. The number of hydrogen-bond acceptors (Lipinski definition) is 1. The molecule has 0 aliphatic carbocycles. The quantitative estimate of drug-likeness (QED) is 0.194. The molecule has 0 aromatic heterocycles. The molecule has 6 aromatic rings. The van der Waals surface area contributed by atoms with Gasteiger partial charge in [0.2, 0.25) is 6.71 Å². The SMILES string of the molecule is Cc1cccc(-c2ccccc2)c1B(c1cccc2c1Oc1ccccc1C2(C)C)c1c(C)cccc1-c1ccccc1. The second kappa shape index (κ2) is 10.8. The molecule has 1 aliphatic heterocycles. The Balaban J connectivity index is 1.58. The van der Waals surface area contributed by atoms with Gasteiger partial charge in [-0.05, 0) is 47.6 Å². The largest absolute Gasteiger partial charge is 0.457 e. The Bertz CT molecular complexity index is 1850. The molecule has 0 N–H and O–H groups in total. The van der Waals surface area contributed by atoms with Crippen LogP contribution in [0.1, 0.15) is 36.1 Å². The van der Waals surface area contributed by atoms with Gasteiger partial charge >= 0.3 is 0 Å². The highest BCUT2D eigenvalue weighted by molar-refractivity contribution is 6.98. The minimum Gasteiger partial charge on any atom is -0.457 e. The molecule has 0 fully saturated rings. The lowest BCUT2D eigenvalue weighted by molar-refractivity contribution is 0.421. The molecule has 6 aromatic carbocycles. The third kappa shape index (κ3) is 4.59. The maximum absolute atomic E-state index is 6.94. The third-order valence-corrected chi connectivity index (χ3v) is 9.20. The summed E-state index contributed by atoms with van der Waals surface area (Å²) in [4.78, 5) is 0. The summed E-state index contributed by atoms with van der Waals surface area (Å²) < 4.78 is 6.94. The summed E-state index contributed by atoms with van der Waals surface area (Å²) in [5.41, 5.74) is 13.5. The average Bonchev–Trinajstić information content (AvgIpc) is 3.03. The Kier molecular flexibility index (Phi) is 6.78. The standard InChI is InChI=1S/C41H35BO/c1-28-16-13-22-32(30-18-7-5-8-19-30)38(28)42(39-29(2)17-14-23-33(39)31-20-9-6-10-21-31)36-26-15-25-35-40(36)43-37-27-12-11-24-34(37)41(35,3)4/h5-27H,1-4H3.